The Morgan fingerprint density at radius 3 is 2.00 bits per heavy atom. The smallest absolute Gasteiger partial charge is 0.151 e. The van der Waals surface area contributed by atoms with Gasteiger partial charge in [-0.2, -0.15) is 15.6 Å². The van der Waals surface area contributed by atoms with E-state index in [0.717, 1.165) is 11.1 Å². The van der Waals surface area contributed by atoms with Gasteiger partial charge in [-0.25, -0.2) is 0 Å². The molecular formula is C20H15ClN4. The highest BCUT2D eigenvalue weighted by Gasteiger charge is 2.14. The van der Waals surface area contributed by atoms with Crippen molar-refractivity contribution >= 4 is 11.6 Å². The van der Waals surface area contributed by atoms with Gasteiger partial charge in [0.15, 0.2) is 5.15 Å². The molecule has 4 nitrogen and oxygen atoms in total. The highest BCUT2D eigenvalue weighted by Crippen LogP contribution is 2.21. The van der Waals surface area contributed by atoms with E-state index in [4.69, 9.17) is 22.1 Å². The van der Waals surface area contributed by atoms with Gasteiger partial charge in [0.05, 0.1) is 24.3 Å². The summed E-state index contributed by atoms with van der Waals surface area (Å²) in [4.78, 5) is 0. The normalized spacial score (nSPS) is 10.5. The second kappa shape index (κ2) is 9.82. The summed E-state index contributed by atoms with van der Waals surface area (Å²) in [5, 5.41) is 25.4. The molecule has 3 aromatic rings. The summed E-state index contributed by atoms with van der Waals surface area (Å²) < 4.78 is 0. The van der Waals surface area contributed by atoms with E-state index < -0.39 is 5.92 Å². The van der Waals surface area contributed by atoms with E-state index in [9.17, 15) is 0 Å². The highest BCUT2D eigenvalue weighted by atomic mass is 35.5. The van der Waals surface area contributed by atoms with Crippen molar-refractivity contribution < 1.29 is 0 Å². The van der Waals surface area contributed by atoms with Gasteiger partial charge < -0.3 is 0 Å². The van der Waals surface area contributed by atoms with Crippen LogP contribution < -0.4 is 0 Å². The third kappa shape index (κ3) is 5.73. The van der Waals surface area contributed by atoms with Crippen LogP contribution in [0.15, 0.2) is 72.8 Å². The average molecular weight is 347 g/mol. The maximum Gasteiger partial charge on any atom is 0.151 e. The molecule has 1 aromatic heterocycles. The maximum absolute atomic E-state index is 9.15. The van der Waals surface area contributed by atoms with Crippen LogP contribution in [0.2, 0.25) is 5.15 Å². The first-order chi connectivity index (χ1) is 12.2. The van der Waals surface area contributed by atoms with Crippen LogP contribution in [0.1, 0.15) is 22.7 Å². The number of aromatic nitrogens is 2. The Hall–Kier alpha value is -3.21. The Bertz CT molecular complexity index is 850. The fourth-order valence-corrected chi connectivity index (χ4v) is 2.23. The highest BCUT2D eigenvalue weighted by molar-refractivity contribution is 6.29. The molecule has 1 heterocycles. The van der Waals surface area contributed by atoms with Crippen molar-refractivity contribution in [2.24, 2.45) is 0 Å². The van der Waals surface area contributed by atoms with Gasteiger partial charge in [-0.05, 0) is 23.3 Å². The van der Waals surface area contributed by atoms with Gasteiger partial charge in [-0.1, -0.05) is 72.3 Å². The topological polar surface area (TPSA) is 73.4 Å². The summed E-state index contributed by atoms with van der Waals surface area (Å²) >= 11 is 5.65. The van der Waals surface area contributed by atoms with Crippen molar-refractivity contribution in [3.05, 3.63) is 94.8 Å². The molecular weight excluding hydrogens is 332 g/mol. The van der Waals surface area contributed by atoms with Gasteiger partial charge >= 0.3 is 0 Å². The van der Waals surface area contributed by atoms with Crippen molar-refractivity contribution in [3.8, 4) is 12.1 Å². The molecule has 2 aromatic carbocycles. The van der Waals surface area contributed by atoms with Crippen LogP contribution in [0.25, 0.3) is 0 Å². The second-order valence-corrected chi connectivity index (χ2v) is 5.46. The molecule has 0 bridgehead atoms. The molecule has 1 atom stereocenters. The zero-order chi connectivity index (χ0) is 17.9. The van der Waals surface area contributed by atoms with E-state index in [0.29, 0.717) is 17.3 Å². The first-order valence-electron chi connectivity index (χ1n) is 7.59. The zero-order valence-electron chi connectivity index (χ0n) is 13.4. The molecule has 3 rings (SSSR count). The van der Waals surface area contributed by atoms with Crippen molar-refractivity contribution in [1.29, 1.82) is 10.5 Å². The van der Waals surface area contributed by atoms with Gasteiger partial charge in [-0.15, -0.1) is 5.10 Å². The summed E-state index contributed by atoms with van der Waals surface area (Å²) in [6, 6.07) is 26.8. The summed E-state index contributed by atoms with van der Waals surface area (Å²) in [6.07, 6.45) is 0.515. The average Bonchev–Trinajstić information content (AvgIpc) is 2.66. The predicted octanol–water partition coefficient (Wildman–Crippen LogP) is 4.54. The molecule has 122 valence electrons. The Balaban J connectivity index is 0.000000212. The van der Waals surface area contributed by atoms with Crippen molar-refractivity contribution in [2.45, 2.75) is 12.3 Å². The lowest BCUT2D eigenvalue weighted by molar-refractivity contribution is 0.885. The van der Waals surface area contributed by atoms with Crippen LogP contribution in [0.5, 0.6) is 0 Å². The Labute approximate surface area is 152 Å². The monoisotopic (exact) mass is 346 g/mol. The summed E-state index contributed by atoms with van der Waals surface area (Å²) in [5.41, 5.74) is 2.60. The van der Waals surface area contributed by atoms with E-state index in [2.05, 4.69) is 22.3 Å². The number of nitrogens with zero attached hydrogens (tertiary/aromatic N) is 4. The lowest BCUT2D eigenvalue weighted by Crippen LogP contribution is -2.02. The summed E-state index contributed by atoms with van der Waals surface area (Å²) in [6.45, 7) is 0. The SMILES string of the molecule is N#CC(c1ccccc1)c1ccc(Cl)nn1.N#CCc1ccccc1. The Morgan fingerprint density at radius 2 is 1.48 bits per heavy atom. The van der Waals surface area contributed by atoms with Gasteiger partial charge in [-0.3, -0.25) is 0 Å². The molecule has 0 saturated carbocycles. The molecule has 0 spiro atoms. The fourth-order valence-electron chi connectivity index (χ4n) is 2.12. The van der Waals surface area contributed by atoms with Crippen molar-refractivity contribution in [2.75, 3.05) is 0 Å². The number of hydrogen-bond donors (Lipinski definition) is 0. The molecule has 1 unspecified atom stereocenters. The number of benzene rings is 2. The molecule has 0 aliphatic carbocycles. The largest absolute Gasteiger partial charge is 0.198 e. The van der Waals surface area contributed by atoms with Gasteiger partial charge in [0.25, 0.3) is 0 Å². The Kier molecular flexibility index (Phi) is 7.13. The molecule has 25 heavy (non-hydrogen) atoms. The molecule has 0 saturated heterocycles. The number of nitriles is 2. The minimum atomic E-state index is -0.397. The van der Waals surface area contributed by atoms with Crippen LogP contribution in [-0.4, -0.2) is 10.2 Å². The van der Waals surface area contributed by atoms with E-state index in [1.54, 1.807) is 12.1 Å². The van der Waals surface area contributed by atoms with Crippen LogP contribution in [-0.2, 0) is 6.42 Å². The minimum Gasteiger partial charge on any atom is -0.198 e. The molecule has 0 amide bonds. The van der Waals surface area contributed by atoms with Crippen LogP contribution in [0.3, 0.4) is 0 Å². The summed E-state index contributed by atoms with van der Waals surface area (Å²) in [5.74, 6) is -0.397. The minimum absolute atomic E-state index is 0.327. The summed E-state index contributed by atoms with van der Waals surface area (Å²) in [7, 11) is 0. The van der Waals surface area contributed by atoms with Crippen molar-refractivity contribution in [3.63, 3.8) is 0 Å². The lowest BCUT2D eigenvalue weighted by atomic mass is 9.97. The fraction of sp³-hybridized carbons (Fsp3) is 0.100. The Morgan fingerprint density at radius 1 is 0.840 bits per heavy atom. The van der Waals surface area contributed by atoms with E-state index >= 15 is 0 Å². The van der Waals surface area contributed by atoms with E-state index in [1.165, 1.54) is 0 Å². The van der Waals surface area contributed by atoms with Crippen LogP contribution >= 0.6 is 11.6 Å². The third-order valence-electron chi connectivity index (χ3n) is 3.34. The standard InChI is InChI=1S/C12H8ClN3.C8H7N/c13-12-7-6-11(15-16-12)10(8-14)9-4-2-1-3-5-9;9-7-6-8-4-2-1-3-5-8/h1-7,10H;1-5H,6H2. The second-order valence-electron chi connectivity index (χ2n) is 5.07. The molecule has 0 N–H and O–H groups in total. The van der Waals surface area contributed by atoms with Crippen molar-refractivity contribution in [1.82, 2.24) is 10.2 Å². The zero-order valence-corrected chi connectivity index (χ0v) is 14.1. The number of halogens is 1. The van der Waals surface area contributed by atoms with Crippen LogP contribution in [0, 0.1) is 22.7 Å². The number of hydrogen-bond acceptors (Lipinski definition) is 4. The predicted molar refractivity (Wildman–Crippen MR) is 96.7 cm³/mol. The number of rotatable bonds is 3. The maximum atomic E-state index is 9.15. The van der Waals surface area contributed by atoms with Gasteiger partial charge in [0, 0.05) is 0 Å². The van der Waals surface area contributed by atoms with Gasteiger partial charge in [0.1, 0.15) is 5.92 Å². The van der Waals surface area contributed by atoms with Gasteiger partial charge in [0.2, 0.25) is 0 Å². The molecule has 0 aliphatic rings. The van der Waals surface area contributed by atoms with E-state index in [-0.39, 0.29) is 0 Å². The first-order valence-corrected chi connectivity index (χ1v) is 7.97. The molecule has 0 fully saturated rings. The van der Waals surface area contributed by atoms with Crippen LogP contribution in [0.4, 0.5) is 0 Å². The molecule has 0 radical (unpaired) electrons. The third-order valence-corrected chi connectivity index (χ3v) is 3.54. The molecule has 5 heteroatoms. The van der Waals surface area contributed by atoms with E-state index in [1.807, 2.05) is 60.7 Å². The lowest BCUT2D eigenvalue weighted by Gasteiger charge is -2.07. The first kappa shape index (κ1) is 18.1. The quantitative estimate of drug-likeness (QED) is 0.697. The molecule has 0 aliphatic heterocycles.